The lowest BCUT2D eigenvalue weighted by molar-refractivity contribution is -0.128. The van der Waals surface area contributed by atoms with Crippen LogP contribution in [0.5, 0.6) is 5.75 Å². The molecule has 0 aliphatic carbocycles. The molecule has 41 heavy (non-hydrogen) atoms. The monoisotopic (exact) mass is 559 g/mol. The normalized spacial score (nSPS) is 11.6. The molecule has 3 amide bonds. The number of amides is 3. The number of fused-ring (bicyclic) bond motifs is 1. The van der Waals surface area contributed by atoms with E-state index in [9.17, 15) is 18.8 Å². The van der Waals surface area contributed by atoms with E-state index in [-0.39, 0.29) is 24.6 Å². The molecule has 214 valence electrons. The molecule has 0 saturated carbocycles. The van der Waals surface area contributed by atoms with Crippen LogP contribution in [0, 0.1) is 5.82 Å². The lowest BCUT2D eigenvalue weighted by Crippen LogP contribution is -2.49. The zero-order valence-corrected chi connectivity index (χ0v) is 22.8. The first kappa shape index (κ1) is 29.1. The van der Waals surface area contributed by atoms with Gasteiger partial charge in [0.05, 0.1) is 18.5 Å². The molecule has 10 heteroatoms. The van der Waals surface area contributed by atoms with Crippen molar-refractivity contribution in [2.24, 2.45) is 0 Å². The lowest BCUT2D eigenvalue weighted by atomic mass is 10.0. The van der Waals surface area contributed by atoms with Crippen LogP contribution in [0.4, 0.5) is 15.8 Å². The van der Waals surface area contributed by atoms with Crippen molar-refractivity contribution >= 4 is 40.0 Å². The highest BCUT2D eigenvalue weighted by molar-refractivity contribution is 6.07. The van der Waals surface area contributed by atoms with Gasteiger partial charge in [-0.1, -0.05) is 24.6 Å². The Morgan fingerprint density at radius 2 is 1.78 bits per heavy atom. The third-order valence-electron chi connectivity index (χ3n) is 6.75. The molecule has 6 N–H and O–H groups in total. The number of carbonyl (C=O) groups excluding carboxylic acids is 3. The van der Waals surface area contributed by atoms with E-state index in [1.165, 1.54) is 19.2 Å². The third kappa shape index (κ3) is 8.07. The zero-order chi connectivity index (χ0) is 29.2. The van der Waals surface area contributed by atoms with Gasteiger partial charge in [-0.15, -0.1) is 0 Å². The van der Waals surface area contributed by atoms with Crippen LogP contribution in [0.3, 0.4) is 0 Å². The molecule has 1 heterocycles. The Hall–Kier alpha value is -4.86. The zero-order valence-electron chi connectivity index (χ0n) is 22.8. The Kier molecular flexibility index (Phi) is 9.93. The highest BCUT2D eigenvalue weighted by Crippen LogP contribution is 2.20. The van der Waals surface area contributed by atoms with E-state index < -0.39 is 17.9 Å². The summed E-state index contributed by atoms with van der Waals surface area (Å²) in [7, 11) is 1.53. The van der Waals surface area contributed by atoms with Gasteiger partial charge in [-0.2, -0.15) is 0 Å². The fraction of sp³-hybridized carbons (Fsp3) is 0.258. The number of halogens is 1. The number of imide groups is 1. The summed E-state index contributed by atoms with van der Waals surface area (Å²) in [5, 5.41) is 9.35. The molecule has 4 rings (SSSR count). The van der Waals surface area contributed by atoms with Gasteiger partial charge in [0.25, 0.3) is 5.91 Å². The van der Waals surface area contributed by atoms with Crippen LogP contribution in [0.2, 0.25) is 0 Å². The number of nitrogen functional groups attached to an aromatic ring is 1. The molecule has 1 aromatic heterocycles. The van der Waals surface area contributed by atoms with Gasteiger partial charge in [0.15, 0.2) is 0 Å². The molecule has 0 saturated heterocycles. The van der Waals surface area contributed by atoms with Gasteiger partial charge in [-0.3, -0.25) is 19.7 Å². The maximum atomic E-state index is 13.2. The molecular formula is C31H34FN5O4. The summed E-state index contributed by atoms with van der Waals surface area (Å²) in [6, 6.07) is 17.3. The van der Waals surface area contributed by atoms with E-state index in [2.05, 4.69) is 20.9 Å². The molecule has 1 atom stereocenters. The standard InChI is InChI=1S/C31H34FN5O4/c1-41-23-13-10-20(11-14-23)30(39)37-31(40)28(17-21-19-35-26-8-5-4-7-24(21)26)36-29(38)9-3-2-6-16-34-27-15-12-22(32)18-25(27)33/h4-5,7-8,10-15,18-19,28,34-35H,2-3,6,9,16-17,33H2,1H3,(H,36,38)(H,37,39,40)/t28-/m0/s1. The Bertz CT molecular complexity index is 1500. The lowest BCUT2D eigenvalue weighted by Gasteiger charge is -2.18. The topological polar surface area (TPSA) is 138 Å². The number of carbonyl (C=O) groups is 3. The fourth-order valence-electron chi connectivity index (χ4n) is 4.51. The van der Waals surface area contributed by atoms with Crippen molar-refractivity contribution in [1.82, 2.24) is 15.6 Å². The number of aromatic nitrogens is 1. The third-order valence-corrected chi connectivity index (χ3v) is 6.75. The quantitative estimate of drug-likeness (QED) is 0.120. The van der Waals surface area contributed by atoms with Crippen LogP contribution in [0.25, 0.3) is 10.9 Å². The average Bonchev–Trinajstić information content (AvgIpc) is 3.38. The van der Waals surface area contributed by atoms with E-state index in [0.717, 1.165) is 29.3 Å². The van der Waals surface area contributed by atoms with Gasteiger partial charge in [0.2, 0.25) is 11.8 Å². The first-order valence-electron chi connectivity index (χ1n) is 13.5. The maximum absolute atomic E-state index is 13.2. The minimum absolute atomic E-state index is 0.209. The Morgan fingerprint density at radius 3 is 2.54 bits per heavy atom. The van der Waals surface area contributed by atoms with Gasteiger partial charge >= 0.3 is 0 Å². The maximum Gasteiger partial charge on any atom is 0.257 e. The molecular weight excluding hydrogens is 525 g/mol. The SMILES string of the molecule is COc1ccc(C(=O)NC(=O)[C@H](Cc2c[nH]c3ccccc23)NC(=O)CCCCCNc2ccc(F)cc2N)cc1. The molecule has 0 spiro atoms. The number of anilines is 2. The van der Waals surface area contributed by atoms with Gasteiger partial charge < -0.3 is 26.1 Å². The number of para-hydroxylation sites is 1. The molecule has 3 aromatic carbocycles. The van der Waals surface area contributed by atoms with E-state index in [1.54, 1.807) is 30.3 Å². The van der Waals surface area contributed by atoms with Crippen molar-refractivity contribution in [3.05, 3.63) is 89.9 Å². The van der Waals surface area contributed by atoms with Crippen LogP contribution in [-0.4, -0.2) is 42.4 Å². The molecule has 0 aliphatic heterocycles. The predicted molar refractivity (Wildman–Crippen MR) is 157 cm³/mol. The summed E-state index contributed by atoms with van der Waals surface area (Å²) in [6.45, 7) is 0.622. The van der Waals surface area contributed by atoms with E-state index in [0.29, 0.717) is 35.7 Å². The first-order chi connectivity index (χ1) is 19.8. The minimum atomic E-state index is -0.952. The number of methoxy groups -OCH3 is 1. The minimum Gasteiger partial charge on any atom is -0.497 e. The molecule has 0 aliphatic rings. The predicted octanol–water partition coefficient (Wildman–Crippen LogP) is 4.55. The Balaban J connectivity index is 1.33. The summed E-state index contributed by atoms with van der Waals surface area (Å²) >= 11 is 0. The number of hydrogen-bond donors (Lipinski definition) is 5. The molecule has 0 radical (unpaired) electrons. The molecule has 0 unspecified atom stereocenters. The molecule has 9 nitrogen and oxygen atoms in total. The second kappa shape index (κ2) is 14.0. The number of nitrogens with two attached hydrogens (primary N) is 1. The molecule has 0 fully saturated rings. The van der Waals surface area contributed by atoms with Crippen molar-refractivity contribution in [3.63, 3.8) is 0 Å². The van der Waals surface area contributed by atoms with Crippen molar-refractivity contribution in [2.45, 2.75) is 38.1 Å². The number of benzene rings is 3. The fourth-order valence-corrected chi connectivity index (χ4v) is 4.51. The summed E-state index contributed by atoms with van der Waals surface area (Å²) in [5.74, 6) is -1.23. The Morgan fingerprint density at radius 1 is 1.00 bits per heavy atom. The summed E-state index contributed by atoms with van der Waals surface area (Å²) in [5.41, 5.74) is 8.88. The average molecular weight is 560 g/mol. The second-order valence-electron chi connectivity index (χ2n) is 9.70. The number of ether oxygens (including phenoxy) is 1. The first-order valence-corrected chi connectivity index (χ1v) is 13.5. The van der Waals surface area contributed by atoms with E-state index in [4.69, 9.17) is 10.5 Å². The van der Waals surface area contributed by atoms with Crippen LogP contribution in [0.1, 0.15) is 41.6 Å². The van der Waals surface area contributed by atoms with Gasteiger partial charge in [-0.05, 0) is 66.9 Å². The van der Waals surface area contributed by atoms with E-state index >= 15 is 0 Å². The van der Waals surface area contributed by atoms with Crippen LogP contribution < -0.4 is 26.4 Å². The second-order valence-corrected chi connectivity index (χ2v) is 9.70. The Labute approximate surface area is 237 Å². The van der Waals surface area contributed by atoms with Crippen LogP contribution in [-0.2, 0) is 16.0 Å². The number of aromatic amines is 1. The highest BCUT2D eigenvalue weighted by atomic mass is 19.1. The van der Waals surface area contributed by atoms with Crippen molar-refractivity contribution in [2.75, 3.05) is 24.7 Å². The number of hydrogen-bond acceptors (Lipinski definition) is 6. The van der Waals surface area contributed by atoms with E-state index in [1.807, 2.05) is 30.5 Å². The summed E-state index contributed by atoms with van der Waals surface area (Å²) < 4.78 is 18.3. The number of unbranched alkanes of at least 4 members (excludes halogenated alkanes) is 2. The molecule has 0 bridgehead atoms. The number of H-pyrrole nitrogens is 1. The smallest absolute Gasteiger partial charge is 0.257 e. The van der Waals surface area contributed by atoms with Crippen LogP contribution >= 0.6 is 0 Å². The molecule has 4 aromatic rings. The highest BCUT2D eigenvalue weighted by Gasteiger charge is 2.24. The van der Waals surface area contributed by atoms with Crippen molar-refractivity contribution < 1.29 is 23.5 Å². The summed E-state index contributed by atoms with van der Waals surface area (Å²) in [4.78, 5) is 42.0. The summed E-state index contributed by atoms with van der Waals surface area (Å²) in [6.07, 6.45) is 4.39. The number of nitrogens with one attached hydrogen (secondary N) is 4. The largest absolute Gasteiger partial charge is 0.497 e. The van der Waals surface area contributed by atoms with Gasteiger partial charge in [-0.25, -0.2) is 4.39 Å². The van der Waals surface area contributed by atoms with Gasteiger partial charge in [0, 0.05) is 42.0 Å². The van der Waals surface area contributed by atoms with Crippen molar-refractivity contribution in [1.29, 1.82) is 0 Å². The van der Waals surface area contributed by atoms with Crippen LogP contribution in [0.15, 0.2) is 72.9 Å². The number of rotatable bonds is 13. The van der Waals surface area contributed by atoms with Crippen molar-refractivity contribution in [3.8, 4) is 5.75 Å². The van der Waals surface area contributed by atoms with Gasteiger partial charge in [0.1, 0.15) is 17.6 Å².